The van der Waals surface area contributed by atoms with Crippen molar-refractivity contribution >= 4 is 34.5 Å². The summed E-state index contributed by atoms with van der Waals surface area (Å²) in [6.45, 7) is 0.829. The van der Waals surface area contributed by atoms with E-state index in [0.717, 1.165) is 22.5 Å². The second-order valence-corrected chi connectivity index (χ2v) is 10.3. The molecule has 1 amide bonds. The fraction of sp³-hybridized carbons (Fsp3) is 0.258. The predicted molar refractivity (Wildman–Crippen MR) is 149 cm³/mol. The van der Waals surface area contributed by atoms with Gasteiger partial charge >= 0.3 is 5.97 Å². The minimum absolute atomic E-state index is 0.0962. The molecule has 1 fully saturated rings. The van der Waals surface area contributed by atoms with Gasteiger partial charge in [-0.15, -0.1) is 0 Å². The monoisotopic (exact) mass is 538 g/mol. The third-order valence-electron chi connectivity index (χ3n) is 7.25. The van der Waals surface area contributed by atoms with Gasteiger partial charge in [0, 0.05) is 35.7 Å². The van der Waals surface area contributed by atoms with Crippen LogP contribution in [0.4, 0.5) is 0 Å². The van der Waals surface area contributed by atoms with Crippen LogP contribution in [0.25, 0.3) is 22.3 Å². The quantitative estimate of drug-likeness (QED) is 0.273. The van der Waals surface area contributed by atoms with Crippen LogP contribution in [0.2, 0.25) is 5.02 Å². The molecule has 1 unspecified atom stereocenters. The highest BCUT2D eigenvalue weighted by Gasteiger charge is 2.42. The van der Waals surface area contributed by atoms with Gasteiger partial charge in [0.25, 0.3) is 5.91 Å². The lowest BCUT2D eigenvalue weighted by atomic mass is 9.81. The van der Waals surface area contributed by atoms with Crippen LogP contribution in [0.1, 0.15) is 47.3 Å². The number of fused-ring (bicyclic) bond motifs is 1. The number of nitrogens with zero attached hydrogens (tertiary/aromatic N) is 4. The normalized spacial score (nSPS) is 16.8. The van der Waals surface area contributed by atoms with Crippen LogP contribution in [0.3, 0.4) is 0 Å². The van der Waals surface area contributed by atoms with E-state index in [1.807, 2.05) is 42.5 Å². The molecular formula is C31H27ClN4O3. The second-order valence-electron chi connectivity index (χ2n) is 9.87. The zero-order valence-electron chi connectivity index (χ0n) is 21.3. The van der Waals surface area contributed by atoms with Gasteiger partial charge in [0.2, 0.25) is 0 Å². The number of benzene rings is 3. The molecule has 0 radical (unpaired) electrons. The average molecular weight is 539 g/mol. The first kappa shape index (κ1) is 26.3. The van der Waals surface area contributed by atoms with Crippen LogP contribution in [-0.2, 0) is 16.6 Å². The fourth-order valence-electron chi connectivity index (χ4n) is 5.12. The number of halogens is 1. The van der Waals surface area contributed by atoms with Crippen molar-refractivity contribution in [3.05, 3.63) is 94.6 Å². The number of carbonyl (C=O) groups excluding carboxylic acids is 1. The molecule has 1 aromatic heterocycles. The lowest BCUT2D eigenvalue weighted by Gasteiger charge is -2.22. The first-order chi connectivity index (χ1) is 18.9. The number of amides is 1. The van der Waals surface area contributed by atoms with Crippen LogP contribution < -0.4 is 0 Å². The molecule has 0 saturated carbocycles. The maximum Gasteiger partial charge on any atom is 0.303 e. The van der Waals surface area contributed by atoms with Crippen molar-refractivity contribution in [2.75, 3.05) is 13.1 Å². The highest BCUT2D eigenvalue weighted by atomic mass is 35.5. The molecule has 7 nitrogen and oxygen atoms in total. The summed E-state index contributed by atoms with van der Waals surface area (Å²) in [4.78, 5) is 36.0. The highest BCUT2D eigenvalue weighted by Crippen LogP contribution is 2.35. The Bertz CT molecular complexity index is 1570. The molecular weight excluding hydrogens is 512 g/mol. The summed E-state index contributed by atoms with van der Waals surface area (Å²) in [5, 5.41) is 19.6. The van der Waals surface area contributed by atoms with Crippen LogP contribution in [0.15, 0.2) is 72.8 Å². The zero-order chi connectivity index (χ0) is 27.4. The average Bonchev–Trinajstić information content (AvgIpc) is 3.41. The third kappa shape index (κ3) is 5.62. The van der Waals surface area contributed by atoms with Crippen LogP contribution in [0, 0.1) is 11.3 Å². The Balaban J connectivity index is 1.44. The topological polar surface area (TPSA) is 107 Å². The summed E-state index contributed by atoms with van der Waals surface area (Å²) >= 11 is 6.08. The Morgan fingerprint density at radius 1 is 1.00 bits per heavy atom. The second kappa shape index (κ2) is 11.2. The van der Waals surface area contributed by atoms with Gasteiger partial charge in [0.1, 0.15) is 5.41 Å². The first-order valence-electron chi connectivity index (χ1n) is 12.9. The lowest BCUT2D eigenvalue weighted by molar-refractivity contribution is -0.137. The van der Waals surface area contributed by atoms with E-state index in [2.05, 4.69) is 6.07 Å². The van der Waals surface area contributed by atoms with E-state index < -0.39 is 11.4 Å². The largest absolute Gasteiger partial charge is 0.481 e. The standard InChI is InChI=1S/C31H27ClN4O3/c32-24-13-10-21(11-14-24)29-26(8-4-5-9-28(37)38)34-27-18-22(12-15-25(27)35-29)30(39)36-17-16-31(19-33,20-36)23-6-2-1-3-7-23/h1-3,6-7,10-15,18H,4-5,8-9,16-17,20H2,(H,37,38). The molecule has 3 aromatic carbocycles. The summed E-state index contributed by atoms with van der Waals surface area (Å²) in [6.07, 6.45) is 2.41. The molecule has 5 rings (SSSR count). The number of carbonyl (C=O) groups is 2. The van der Waals surface area contributed by atoms with Gasteiger partial charge in [-0.2, -0.15) is 5.26 Å². The Labute approximate surface area is 231 Å². The van der Waals surface area contributed by atoms with Crippen molar-refractivity contribution in [1.29, 1.82) is 5.26 Å². The molecule has 0 bridgehead atoms. The Morgan fingerprint density at radius 3 is 2.49 bits per heavy atom. The van der Waals surface area contributed by atoms with E-state index in [0.29, 0.717) is 60.4 Å². The summed E-state index contributed by atoms with van der Waals surface area (Å²) in [5.74, 6) is -0.966. The number of carboxylic acids is 1. The van der Waals surface area contributed by atoms with Crippen molar-refractivity contribution in [3.8, 4) is 17.3 Å². The van der Waals surface area contributed by atoms with Gasteiger partial charge in [-0.25, -0.2) is 9.97 Å². The van der Waals surface area contributed by atoms with Crippen molar-refractivity contribution in [3.63, 3.8) is 0 Å². The number of nitriles is 1. The molecule has 0 aliphatic carbocycles. The van der Waals surface area contributed by atoms with Crippen molar-refractivity contribution in [2.45, 2.75) is 37.5 Å². The molecule has 4 aromatic rings. The van der Waals surface area contributed by atoms with Crippen LogP contribution >= 0.6 is 11.6 Å². The lowest BCUT2D eigenvalue weighted by Crippen LogP contribution is -2.33. The molecule has 1 aliphatic heterocycles. The first-order valence-corrected chi connectivity index (χ1v) is 13.3. The van der Waals surface area contributed by atoms with Crippen molar-refractivity contribution in [2.24, 2.45) is 0 Å². The third-order valence-corrected chi connectivity index (χ3v) is 7.50. The number of aryl methyl sites for hydroxylation is 1. The maximum atomic E-state index is 13.5. The number of hydrogen-bond acceptors (Lipinski definition) is 5. The molecule has 1 N–H and O–H groups in total. The zero-order valence-corrected chi connectivity index (χ0v) is 22.1. The fourth-order valence-corrected chi connectivity index (χ4v) is 5.25. The molecule has 196 valence electrons. The van der Waals surface area contributed by atoms with Gasteiger partial charge in [-0.3, -0.25) is 9.59 Å². The van der Waals surface area contributed by atoms with Crippen molar-refractivity contribution in [1.82, 2.24) is 14.9 Å². The molecule has 1 aliphatic rings. The van der Waals surface area contributed by atoms with E-state index in [1.165, 1.54) is 0 Å². The number of aromatic nitrogens is 2. The van der Waals surface area contributed by atoms with E-state index in [9.17, 15) is 14.9 Å². The minimum Gasteiger partial charge on any atom is -0.481 e. The van der Waals surface area contributed by atoms with E-state index >= 15 is 0 Å². The maximum absolute atomic E-state index is 13.5. The Kier molecular flexibility index (Phi) is 7.58. The number of rotatable bonds is 8. The Hall–Kier alpha value is -4.28. The molecule has 1 saturated heterocycles. The van der Waals surface area contributed by atoms with E-state index in [1.54, 1.807) is 35.2 Å². The molecule has 0 spiro atoms. The molecule has 2 heterocycles. The van der Waals surface area contributed by atoms with Gasteiger partial charge in [0.15, 0.2) is 0 Å². The van der Waals surface area contributed by atoms with E-state index in [-0.39, 0.29) is 12.3 Å². The number of likely N-dealkylation sites (tertiary alicyclic amines) is 1. The van der Waals surface area contributed by atoms with Gasteiger partial charge in [-0.1, -0.05) is 54.1 Å². The minimum atomic E-state index is -0.824. The van der Waals surface area contributed by atoms with Gasteiger partial charge in [-0.05, 0) is 61.6 Å². The number of unbranched alkanes of at least 4 members (excludes halogenated alkanes) is 1. The smallest absolute Gasteiger partial charge is 0.303 e. The number of aliphatic carboxylic acids is 1. The molecule has 39 heavy (non-hydrogen) atoms. The van der Waals surface area contributed by atoms with Crippen LogP contribution in [0.5, 0.6) is 0 Å². The van der Waals surface area contributed by atoms with Crippen LogP contribution in [-0.4, -0.2) is 44.9 Å². The van der Waals surface area contributed by atoms with Gasteiger partial charge < -0.3 is 10.0 Å². The van der Waals surface area contributed by atoms with Crippen molar-refractivity contribution < 1.29 is 14.7 Å². The Morgan fingerprint density at radius 2 is 1.77 bits per heavy atom. The summed E-state index contributed by atoms with van der Waals surface area (Å²) in [7, 11) is 0. The number of carboxylic acid groups (broad SMARTS) is 1. The summed E-state index contributed by atoms with van der Waals surface area (Å²) in [5.41, 5.74) is 4.29. The summed E-state index contributed by atoms with van der Waals surface area (Å²) in [6, 6.07) is 24.8. The predicted octanol–water partition coefficient (Wildman–Crippen LogP) is 6.06. The van der Waals surface area contributed by atoms with E-state index in [4.69, 9.17) is 26.7 Å². The summed E-state index contributed by atoms with van der Waals surface area (Å²) < 4.78 is 0. The highest BCUT2D eigenvalue weighted by molar-refractivity contribution is 6.30. The molecule has 8 heteroatoms. The number of hydrogen-bond donors (Lipinski definition) is 1. The molecule has 1 atom stereocenters. The van der Waals surface area contributed by atoms with Gasteiger partial charge in [0.05, 0.1) is 28.5 Å². The SMILES string of the molecule is N#CC1(c2ccccc2)CCN(C(=O)c2ccc3nc(-c4ccc(Cl)cc4)c(CCCCC(=O)O)nc3c2)C1.